The van der Waals surface area contributed by atoms with Gasteiger partial charge >= 0.3 is 0 Å². The molecule has 3 nitrogen and oxygen atoms in total. The van der Waals surface area contributed by atoms with E-state index in [0.717, 1.165) is 38.0 Å². The van der Waals surface area contributed by atoms with Crippen LogP contribution in [0.25, 0.3) is 0 Å². The van der Waals surface area contributed by atoms with Crippen molar-refractivity contribution in [1.82, 2.24) is 0 Å². The van der Waals surface area contributed by atoms with E-state index in [2.05, 4.69) is 12.1 Å². The van der Waals surface area contributed by atoms with Crippen LogP contribution in [0.4, 0.5) is 0 Å². The first-order valence-corrected chi connectivity index (χ1v) is 8.36. The van der Waals surface area contributed by atoms with Crippen LogP contribution in [0.15, 0.2) is 18.2 Å². The van der Waals surface area contributed by atoms with Gasteiger partial charge in [0.15, 0.2) is 0 Å². The maximum Gasteiger partial charge on any atom is 0.138 e. The molecular formula is C17H24ClNO2. The summed E-state index contributed by atoms with van der Waals surface area (Å²) in [6, 6.07) is 6.20. The molecular weight excluding hydrogens is 286 g/mol. The molecule has 0 spiro atoms. The van der Waals surface area contributed by atoms with Crippen LogP contribution in [0.1, 0.15) is 44.1 Å². The fraction of sp³-hybridized carbons (Fsp3) is 0.647. The molecule has 116 valence electrons. The first kappa shape index (κ1) is 15.1. The zero-order valence-corrected chi connectivity index (χ0v) is 13.2. The van der Waals surface area contributed by atoms with Crippen molar-refractivity contribution in [3.05, 3.63) is 28.8 Å². The molecule has 1 saturated carbocycles. The van der Waals surface area contributed by atoms with Gasteiger partial charge in [0.25, 0.3) is 0 Å². The first-order valence-electron chi connectivity index (χ1n) is 7.98. The molecule has 1 atom stereocenters. The highest BCUT2D eigenvalue weighted by Gasteiger charge is 2.34. The van der Waals surface area contributed by atoms with Gasteiger partial charge in [-0.1, -0.05) is 30.5 Å². The third-order valence-corrected chi connectivity index (χ3v) is 5.20. The molecule has 1 saturated heterocycles. The van der Waals surface area contributed by atoms with Crippen LogP contribution in [0.3, 0.4) is 0 Å². The second-order valence-corrected chi connectivity index (χ2v) is 6.70. The Hall–Kier alpha value is -0.770. The number of hydrogen-bond donors (Lipinski definition) is 1. The van der Waals surface area contributed by atoms with Crippen LogP contribution < -0.4 is 10.5 Å². The van der Waals surface area contributed by atoms with E-state index in [9.17, 15) is 0 Å². The van der Waals surface area contributed by atoms with E-state index in [1.807, 2.05) is 6.07 Å². The molecule has 21 heavy (non-hydrogen) atoms. The highest BCUT2D eigenvalue weighted by molar-refractivity contribution is 6.32. The predicted molar refractivity (Wildman–Crippen MR) is 85.1 cm³/mol. The molecule has 4 heteroatoms. The molecule has 1 aliphatic heterocycles. The minimum absolute atomic E-state index is 0.121. The van der Waals surface area contributed by atoms with Gasteiger partial charge in [-0.2, -0.15) is 0 Å². The molecule has 1 aliphatic carbocycles. The molecule has 2 aliphatic rings. The Morgan fingerprint density at radius 2 is 2.10 bits per heavy atom. The zero-order chi connectivity index (χ0) is 14.7. The maximum absolute atomic E-state index is 6.44. The van der Waals surface area contributed by atoms with E-state index >= 15 is 0 Å². The van der Waals surface area contributed by atoms with E-state index in [1.54, 1.807) is 0 Å². The third-order valence-electron chi connectivity index (χ3n) is 4.91. The van der Waals surface area contributed by atoms with Crippen molar-refractivity contribution in [3.63, 3.8) is 0 Å². The summed E-state index contributed by atoms with van der Waals surface area (Å²) < 4.78 is 11.4. The first-order chi connectivity index (χ1) is 10.2. The van der Waals surface area contributed by atoms with Crippen molar-refractivity contribution in [3.8, 4) is 5.75 Å². The van der Waals surface area contributed by atoms with Gasteiger partial charge in [0, 0.05) is 18.6 Å². The molecule has 1 heterocycles. The summed E-state index contributed by atoms with van der Waals surface area (Å²) in [7, 11) is 0. The summed E-state index contributed by atoms with van der Waals surface area (Å²) in [5.41, 5.74) is 7.43. The number of ether oxygens (including phenoxy) is 2. The Morgan fingerprint density at radius 1 is 1.29 bits per heavy atom. The predicted octanol–water partition coefficient (Wildman–Crippen LogP) is 3.67. The molecule has 2 N–H and O–H groups in total. The van der Waals surface area contributed by atoms with Crippen molar-refractivity contribution < 1.29 is 9.47 Å². The summed E-state index contributed by atoms with van der Waals surface area (Å²) in [6.07, 6.45) is 7.05. The fourth-order valence-electron chi connectivity index (χ4n) is 3.57. The Balaban J connectivity index is 1.76. The lowest BCUT2D eigenvalue weighted by molar-refractivity contribution is 0.00746. The average Bonchev–Trinajstić information content (AvgIpc) is 3.00. The summed E-state index contributed by atoms with van der Waals surface area (Å²) in [4.78, 5) is 0. The van der Waals surface area contributed by atoms with Crippen molar-refractivity contribution in [2.45, 2.75) is 50.0 Å². The Morgan fingerprint density at radius 3 is 2.71 bits per heavy atom. The second kappa shape index (κ2) is 6.55. The van der Waals surface area contributed by atoms with Crippen molar-refractivity contribution in [2.24, 2.45) is 5.73 Å². The topological polar surface area (TPSA) is 44.5 Å². The Bertz CT molecular complexity index is 480. The molecule has 2 fully saturated rings. The minimum Gasteiger partial charge on any atom is -0.486 e. The molecule has 0 bridgehead atoms. The Kier molecular flexibility index (Phi) is 4.72. The highest BCUT2D eigenvalue weighted by Crippen LogP contribution is 2.42. The van der Waals surface area contributed by atoms with E-state index in [-0.39, 0.29) is 11.5 Å². The SMILES string of the molecule is NCC1(c2ccc(OC3CCCOC3)c(Cl)c2)CCCC1. The molecule has 0 aromatic heterocycles. The van der Waals surface area contributed by atoms with Crippen molar-refractivity contribution in [1.29, 1.82) is 0 Å². The second-order valence-electron chi connectivity index (χ2n) is 6.29. The van der Waals surface area contributed by atoms with Crippen LogP contribution in [0.2, 0.25) is 5.02 Å². The number of rotatable bonds is 4. The highest BCUT2D eigenvalue weighted by atomic mass is 35.5. The smallest absolute Gasteiger partial charge is 0.138 e. The average molecular weight is 310 g/mol. The van der Waals surface area contributed by atoms with E-state index < -0.39 is 0 Å². The van der Waals surface area contributed by atoms with Gasteiger partial charge in [-0.3, -0.25) is 0 Å². The van der Waals surface area contributed by atoms with Crippen LogP contribution in [0.5, 0.6) is 5.75 Å². The number of nitrogens with two attached hydrogens (primary N) is 1. The van der Waals surface area contributed by atoms with E-state index in [1.165, 1.54) is 18.4 Å². The Labute approximate surface area is 131 Å². The van der Waals surface area contributed by atoms with E-state index in [0.29, 0.717) is 18.2 Å². The maximum atomic E-state index is 6.44. The van der Waals surface area contributed by atoms with Gasteiger partial charge in [0.2, 0.25) is 0 Å². The van der Waals surface area contributed by atoms with Crippen molar-refractivity contribution in [2.75, 3.05) is 19.8 Å². The number of halogens is 1. The lowest BCUT2D eigenvalue weighted by Crippen LogP contribution is -2.32. The fourth-order valence-corrected chi connectivity index (χ4v) is 3.80. The quantitative estimate of drug-likeness (QED) is 0.923. The van der Waals surface area contributed by atoms with Gasteiger partial charge in [-0.05, 0) is 43.4 Å². The molecule has 1 aromatic carbocycles. The molecule has 1 unspecified atom stereocenters. The monoisotopic (exact) mass is 309 g/mol. The number of hydrogen-bond acceptors (Lipinski definition) is 3. The van der Waals surface area contributed by atoms with Gasteiger partial charge < -0.3 is 15.2 Å². The van der Waals surface area contributed by atoms with Gasteiger partial charge in [0.05, 0.1) is 11.6 Å². The molecule has 3 rings (SSSR count). The third kappa shape index (κ3) is 3.20. The minimum atomic E-state index is 0.121. The normalized spacial score (nSPS) is 25.0. The molecule has 0 radical (unpaired) electrons. The van der Waals surface area contributed by atoms with Crippen LogP contribution >= 0.6 is 11.6 Å². The lowest BCUT2D eigenvalue weighted by Gasteiger charge is -2.29. The van der Waals surface area contributed by atoms with Crippen molar-refractivity contribution >= 4 is 11.6 Å². The van der Waals surface area contributed by atoms with E-state index in [4.69, 9.17) is 26.8 Å². The van der Waals surface area contributed by atoms with Crippen LogP contribution in [-0.4, -0.2) is 25.9 Å². The summed E-state index contributed by atoms with van der Waals surface area (Å²) in [6.45, 7) is 2.19. The molecule has 1 aromatic rings. The summed E-state index contributed by atoms with van der Waals surface area (Å²) >= 11 is 6.44. The zero-order valence-electron chi connectivity index (χ0n) is 12.4. The van der Waals surface area contributed by atoms with Crippen LogP contribution in [-0.2, 0) is 10.2 Å². The lowest BCUT2D eigenvalue weighted by atomic mass is 9.79. The summed E-state index contributed by atoms with van der Waals surface area (Å²) in [5.74, 6) is 0.765. The molecule has 0 amide bonds. The summed E-state index contributed by atoms with van der Waals surface area (Å²) in [5, 5.41) is 0.692. The standard InChI is InChI=1S/C17H24ClNO2/c18-15-10-13(17(12-19)7-1-2-8-17)5-6-16(15)21-14-4-3-9-20-11-14/h5-6,10,14H,1-4,7-9,11-12,19H2. The van der Waals surface area contributed by atoms with Gasteiger partial charge in [-0.15, -0.1) is 0 Å². The number of benzene rings is 1. The van der Waals surface area contributed by atoms with Gasteiger partial charge in [0.1, 0.15) is 11.9 Å². The van der Waals surface area contributed by atoms with Crippen LogP contribution in [0, 0.1) is 0 Å². The largest absolute Gasteiger partial charge is 0.486 e. The van der Waals surface area contributed by atoms with Gasteiger partial charge in [-0.25, -0.2) is 0 Å².